The van der Waals surface area contributed by atoms with Crippen LogP contribution in [-0.2, 0) is 27.1 Å². The van der Waals surface area contributed by atoms with Crippen LogP contribution < -0.4 is 25.5 Å². The zero-order valence-electron chi connectivity index (χ0n) is 53.7. The Balaban J connectivity index is 1.11. The third-order valence-electron chi connectivity index (χ3n) is 19.7. The van der Waals surface area contributed by atoms with Gasteiger partial charge in [0.15, 0.2) is 0 Å². The molecule has 87 heavy (non-hydrogen) atoms. The Bertz CT molecular complexity index is 4690. The Hall–Kier alpha value is -8.18. The zero-order valence-corrected chi connectivity index (χ0v) is 54.5. The van der Waals surface area contributed by atoms with Gasteiger partial charge in [-0.05, 0) is 193 Å². The van der Waals surface area contributed by atoms with Gasteiger partial charge in [0.25, 0.3) is 6.71 Å². The highest BCUT2D eigenvalue weighted by atomic mass is 32.1. The number of hydrogen-bond donors (Lipinski definition) is 0. The topological polar surface area (TPSA) is 6.48 Å². The van der Waals surface area contributed by atoms with Gasteiger partial charge in [-0.15, -0.1) is 11.3 Å². The van der Waals surface area contributed by atoms with Gasteiger partial charge in [-0.3, -0.25) is 0 Å². The van der Waals surface area contributed by atoms with Crippen LogP contribution in [0, 0.1) is 0 Å². The van der Waals surface area contributed by atoms with Crippen molar-refractivity contribution in [2.75, 3.05) is 9.80 Å². The molecular weight excluding hydrogens is 1070 g/mol. The minimum Gasteiger partial charge on any atom is -0.311 e. The molecule has 0 saturated heterocycles. The molecule has 0 aliphatic carbocycles. The smallest absolute Gasteiger partial charge is 0.264 e. The van der Waals surface area contributed by atoms with Gasteiger partial charge in [0.2, 0.25) is 0 Å². The molecule has 14 rings (SSSR count). The summed E-state index contributed by atoms with van der Waals surface area (Å²) < 4.78 is 2.69. The molecule has 0 saturated carbocycles. The maximum atomic E-state index is 2.68. The van der Waals surface area contributed by atoms with Crippen LogP contribution in [0.2, 0.25) is 0 Å². The second-order valence-corrected chi connectivity index (χ2v) is 30.9. The van der Waals surface area contributed by atoms with E-state index in [2.05, 4.69) is 320 Å². The van der Waals surface area contributed by atoms with E-state index >= 15 is 0 Å². The lowest BCUT2D eigenvalue weighted by molar-refractivity contribution is 0.506. The summed E-state index contributed by atoms with van der Waals surface area (Å²) in [5, 5.41) is 8.98. The third-order valence-corrected chi connectivity index (χ3v) is 20.9. The first kappa shape index (κ1) is 56.6. The van der Waals surface area contributed by atoms with E-state index in [1.165, 1.54) is 148 Å². The molecule has 2 nitrogen and oxygen atoms in total. The Morgan fingerprint density at radius 1 is 0.345 bits per heavy atom. The number of benzene rings is 11. The molecule has 11 aromatic carbocycles. The SMILES string of the molecule is CCC(C)(C)c1ccc(N2c3cccc4c3B(c3cc(-c5ccc(C(C)(C)C)cc5)c(-c5ccc(C(C)(C)C)cc5)cc3N4c3ccc(C(C)(C)C)cc3-c3ccc4c5ccccc5c5ccccc5c4c3)c3sc4ccc(C(C)(C)C)cc4c32)cc1. The predicted octanol–water partition coefficient (Wildman–Crippen LogP) is 22.3. The van der Waals surface area contributed by atoms with Crippen molar-refractivity contribution < 1.29 is 0 Å². The first-order valence-electron chi connectivity index (χ1n) is 31.7. The van der Waals surface area contributed by atoms with Gasteiger partial charge in [0.1, 0.15) is 0 Å². The van der Waals surface area contributed by atoms with E-state index in [0.29, 0.717) is 0 Å². The number of thiophene rings is 1. The van der Waals surface area contributed by atoms with E-state index in [1.54, 1.807) is 0 Å². The molecule has 0 bridgehead atoms. The molecule has 0 unspecified atom stereocenters. The average molecular weight is 1150 g/mol. The van der Waals surface area contributed by atoms with Crippen molar-refractivity contribution in [3.63, 3.8) is 0 Å². The second-order valence-electron chi connectivity index (χ2n) is 29.8. The number of fused-ring (bicyclic) bond motifs is 12. The van der Waals surface area contributed by atoms with Gasteiger partial charge in [0, 0.05) is 43.2 Å². The highest BCUT2D eigenvalue weighted by Gasteiger charge is 2.46. The molecule has 0 radical (unpaired) electrons. The molecule has 0 amide bonds. The number of hydrogen-bond acceptors (Lipinski definition) is 3. The summed E-state index contributed by atoms with van der Waals surface area (Å²) in [6, 6.07) is 80.8. The van der Waals surface area contributed by atoms with Crippen LogP contribution in [0.4, 0.5) is 34.1 Å². The van der Waals surface area contributed by atoms with Crippen molar-refractivity contribution in [3.8, 4) is 33.4 Å². The third kappa shape index (κ3) is 9.43. The van der Waals surface area contributed by atoms with Gasteiger partial charge < -0.3 is 9.80 Å². The maximum Gasteiger partial charge on any atom is 0.264 e. The molecule has 3 heterocycles. The van der Waals surface area contributed by atoms with Crippen LogP contribution in [0.5, 0.6) is 0 Å². The summed E-state index contributed by atoms with van der Waals surface area (Å²) in [4.78, 5) is 5.32. The van der Waals surface area contributed by atoms with Crippen LogP contribution >= 0.6 is 11.3 Å². The van der Waals surface area contributed by atoms with Crippen LogP contribution in [0.3, 0.4) is 0 Å². The van der Waals surface area contributed by atoms with E-state index in [-0.39, 0.29) is 33.8 Å². The van der Waals surface area contributed by atoms with Crippen molar-refractivity contribution >= 4 is 110 Å². The lowest BCUT2D eigenvalue weighted by Gasteiger charge is -2.44. The summed E-state index contributed by atoms with van der Waals surface area (Å²) >= 11 is 1.99. The van der Waals surface area contributed by atoms with Crippen molar-refractivity contribution in [1.29, 1.82) is 0 Å². The van der Waals surface area contributed by atoms with Crippen molar-refractivity contribution in [3.05, 3.63) is 234 Å². The molecule has 0 atom stereocenters. The largest absolute Gasteiger partial charge is 0.311 e. The molecule has 2 aliphatic heterocycles. The van der Waals surface area contributed by atoms with E-state index in [9.17, 15) is 0 Å². The molecule has 2 aliphatic rings. The number of anilines is 6. The Morgan fingerprint density at radius 3 is 1.37 bits per heavy atom. The molecule has 1 aromatic heterocycles. The summed E-state index contributed by atoms with van der Waals surface area (Å²) in [7, 11) is 0. The second kappa shape index (κ2) is 20.2. The highest BCUT2D eigenvalue weighted by Crippen LogP contribution is 2.52. The summed E-state index contributed by atoms with van der Waals surface area (Å²) in [5.74, 6) is 0. The number of rotatable bonds is 7. The van der Waals surface area contributed by atoms with E-state index in [1.807, 2.05) is 11.3 Å². The van der Waals surface area contributed by atoms with Crippen molar-refractivity contribution in [1.82, 2.24) is 0 Å². The summed E-state index contributed by atoms with van der Waals surface area (Å²) in [6.07, 6.45) is 1.06. The zero-order chi connectivity index (χ0) is 60.9. The highest BCUT2D eigenvalue weighted by molar-refractivity contribution is 7.33. The first-order valence-corrected chi connectivity index (χ1v) is 32.5. The number of nitrogens with zero attached hydrogens (tertiary/aromatic N) is 2. The summed E-state index contributed by atoms with van der Waals surface area (Å²) in [5.41, 5.74) is 23.8. The van der Waals surface area contributed by atoms with E-state index < -0.39 is 0 Å². The Kier molecular flexibility index (Phi) is 13.1. The monoisotopic (exact) mass is 1150 g/mol. The standard InChI is InChI=1S/C83H81BN2S/c1-16-83(14,15)56-37-41-59(42-38-56)85-72-26-21-27-73-76(72)84(78-77(85)69-48-58(82(11,12)13)40-45-75(69)87-78)70-49-65(51-28-33-54(34-29-51)79(2,3)4)66(52-30-35-55(36-31-52)80(5,6)7)50-74(70)86(73)71-44-39-57(81(8,9)10)47-67(71)53-32-43-64-62-24-18-17-22-60(62)61-23-19-20-25-63(61)68(64)46-53/h17-50H,16H2,1-15H3. The lowest BCUT2D eigenvalue weighted by Crippen LogP contribution is -2.60. The molecule has 12 aromatic rings. The fourth-order valence-corrected chi connectivity index (χ4v) is 15.3. The average Bonchev–Trinajstić information content (AvgIpc) is 1.69. The molecular formula is C83H81BN2S. The first-order chi connectivity index (χ1) is 41.4. The molecule has 432 valence electrons. The molecule has 0 N–H and O–H groups in total. The minimum absolute atomic E-state index is 0.00852. The van der Waals surface area contributed by atoms with Gasteiger partial charge in [-0.1, -0.05) is 249 Å². The molecule has 0 fully saturated rings. The fourth-order valence-electron chi connectivity index (χ4n) is 14.0. The van der Waals surface area contributed by atoms with Gasteiger partial charge >= 0.3 is 0 Å². The predicted molar refractivity (Wildman–Crippen MR) is 383 cm³/mol. The Labute approximate surface area is 521 Å². The van der Waals surface area contributed by atoms with Crippen LogP contribution in [0.15, 0.2) is 206 Å². The van der Waals surface area contributed by atoms with Gasteiger partial charge in [-0.25, -0.2) is 0 Å². The van der Waals surface area contributed by atoms with Crippen LogP contribution in [0.1, 0.15) is 138 Å². The van der Waals surface area contributed by atoms with Crippen molar-refractivity contribution in [2.45, 2.75) is 137 Å². The van der Waals surface area contributed by atoms with Gasteiger partial charge in [0.05, 0.1) is 11.4 Å². The maximum absolute atomic E-state index is 2.68. The molecule has 4 heteroatoms. The quantitative estimate of drug-likeness (QED) is 0.116. The van der Waals surface area contributed by atoms with E-state index in [0.717, 1.165) is 12.1 Å². The minimum atomic E-state index is -0.111. The molecule has 0 spiro atoms. The van der Waals surface area contributed by atoms with Crippen LogP contribution in [0.25, 0.3) is 75.8 Å². The Morgan fingerprint density at radius 2 is 0.816 bits per heavy atom. The fraction of sp³-hybridized carbons (Fsp3) is 0.253. The normalized spacial score (nSPS) is 13.7. The lowest BCUT2D eigenvalue weighted by atomic mass is 9.36. The van der Waals surface area contributed by atoms with Gasteiger partial charge in [-0.2, -0.15) is 0 Å². The summed E-state index contributed by atoms with van der Waals surface area (Å²) in [6.45, 7) is 35.0. The van der Waals surface area contributed by atoms with Crippen LogP contribution in [-0.4, -0.2) is 6.71 Å². The van der Waals surface area contributed by atoms with E-state index in [4.69, 9.17) is 0 Å². The van der Waals surface area contributed by atoms with Crippen molar-refractivity contribution in [2.24, 2.45) is 0 Å².